The zero-order chi connectivity index (χ0) is 15.6. The van der Waals surface area contributed by atoms with Gasteiger partial charge in [-0.1, -0.05) is 18.6 Å². The Morgan fingerprint density at radius 2 is 2.24 bits per heavy atom. The van der Waals surface area contributed by atoms with E-state index in [-0.39, 0.29) is 11.6 Å². The van der Waals surface area contributed by atoms with Crippen LogP contribution in [0.5, 0.6) is 0 Å². The highest BCUT2D eigenvalue weighted by Gasteiger charge is 2.34. The lowest BCUT2D eigenvalue weighted by atomic mass is 10.1. The van der Waals surface area contributed by atoms with Crippen molar-refractivity contribution in [3.05, 3.63) is 29.3 Å². The van der Waals surface area contributed by atoms with E-state index in [0.717, 1.165) is 17.0 Å². The van der Waals surface area contributed by atoms with E-state index in [4.69, 9.17) is 11.1 Å². The number of hydrogen-bond donors (Lipinski definition) is 2. The van der Waals surface area contributed by atoms with Crippen molar-refractivity contribution in [2.24, 2.45) is 5.73 Å². The number of amidine groups is 1. The van der Waals surface area contributed by atoms with Crippen LogP contribution >= 0.6 is 11.8 Å². The average Bonchev–Trinajstić information content (AvgIpc) is 2.47. The minimum atomic E-state index is -3.18. The van der Waals surface area contributed by atoms with Crippen molar-refractivity contribution >= 4 is 33.1 Å². The lowest BCUT2D eigenvalue weighted by Crippen LogP contribution is -2.48. The molecule has 1 atom stereocenters. The van der Waals surface area contributed by atoms with Crippen molar-refractivity contribution in [1.29, 1.82) is 5.41 Å². The molecule has 21 heavy (non-hydrogen) atoms. The van der Waals surface area contributed by atoms with Crippen LogP contribution in [0.2, 0.25) is 0 Å². The van der Waals surface area contributed by atoms with Gasteiger partial charge >= 0.3 is 0 Å². The number of hydrogen-bond acceptors (Lipinski definition) is 5. The minimum absolute atomic E-state index is 0.0282. The lowest BCUT2D eigenvalue weighted by Gasteiger charge is -2.37. The minimum Gasteiger partial charge on any atom is -0.384 e. The Kier molecular flexibility index (Phi) is 4.83. The van der Waals surface area contributed by atoms with E-state index in [1.165, 1.54) is 0 Å². The van der Waals surface area contributed by atoms with Crippen molar-refractivity contribution in [3.8, 4) is 0 Å². The summed E-state index contributed by atoms with van der Waals surface area (Å²) >= 11 is 1.66. The molecule has 0 amide bonds. The summed E-state index contributed by atoms with van der Waals surface area (Å²) < 4.78 is 24.7. The topological polar surface area (TPSA) is 87.2 Å². The molecule has 0 bridgehead atoms. The van der Waals surface area contributed by atoms with Crippen molar-refractivity contribution in [1.82, 2.24) is 0 Å². The number of nitrogens with zero attached hydrogens (tertiary/aromatic N) is 1. The molecule has 116 valence electrons. The van der Waals surface area contributed by atoms with Crippen LogP contribution < -0.4 is 10.6 Å². The molecule has 0 aliphatic carbocycles. The van der Waals surface area contributed by atoms with Crippen LogP contribution in [0.1, 0.15) is 18.1 Å². The number of anilines is 1. The van der Waals surface area contributed by atoms with E-state index in [1.807, 2.05) is 30.0 Å². The van der Waals surface area contributed by atoms with Gasteiger partial charge in [0.25, 0.3) is 0 Å². The van der Waals surface area contributed by atoms with Gasteiger partial charge in [0.15, 0.2) is 9.84 Å². The molecule has 1 heterocycles. The number of nitrogen functional groups attached to an aromatic ring is 1. The Balaban J connectivity index is 2.50. The van der Waals surface area contributed by atoms with E-state index >= 15 is 0 Å². The smallest absolute Gasteiger partial charge is 0.171 e. The number of nitrogens with two attached hydrogens (primary N) is 1. The van der Waals surface area contributed by atoms with Crippen LogP contribution in [0, 0.1) is 12.3 Å². The summed E-state index contributed by atoms with van der Waals surface area (Å²) in [5.41, 5.74) is 8.04. The molecular formula is C14H21N3O2S2. The predicted octanol–water partition coefficient (Wildman–Crippen LogP) is 1.59. The molecule has 5 nitrogen and oxygen atoms in total. The van der Waals surface area contributed by atoms with Gasteiger partial charge in [-0.15, -0.1) is 0 Å². The first-order chi connectivity index (χ1) is 9.86. The van der Waals surface area contributed by atoms with Crippen LogP contribution in [-0.2, 0) is 9.84 Å². The van der Waals surface area contributed by atoms with E-state index in [1.54, 1.807) is 18.7 Å². The largest absolute Gasteiger partial charge is 0.384 e. The monoisotopic (exact) mass is 327 g/mol. The van der Waals surface area contributed by atoms with Gasteiger partial charge in [0.05, 0.1) is 0 Å². The van der Waals surface area contributed by atoms with E-state index in [0.29, 0.717) is 17.9 Å². The Hall–Kier alpha value is -1.21. The van der Waals surface area contributed by atoms with Gasteiger partial charge in [-0.3, -0.25) is 5.41 Å². The maximum Gasteiger partial charge on any atom is 0.171 e. The van der Waals surface area contributed by atoms with Crippen LogP contribution in [0.15, 0.2) is 18.2 Å². The SMILES string of the molecule is CCS(=O)(=O)C1CSCCN1c1ccc(C)cc1C(=N)N. The predicted molar refractivity (Wildman–Crippen MR) is 90.1 cm³/mol. The fourth-order valence-electron chi connectivity index (χ4n) is 2.46. The lowest BCUT2D eigenvalue weighted by molar-refractivity contribution is 0.579. The highest BCUT2D eigenvalue weighted by atomic mass is 32.2. The first-order valence-corrected chi connectivity index (χ1v) is 9.75. The Labute approximate surface area is 130 Å². The third-order valence-corrected chi connectivity index (χ3v) is 6.94. The molecule has 3 N–H and O–H groups in total. The van der Waals surface area contributed by atoms with Gasteiger partial charge < -0.3 is 10.6 Å². The normalized spacial score (nSPS) is 19.5. The molecule has 0 aromatic heterocycles. The fraction of sp³-hybridized carbons (Fsp3) is 0.500. The first-order valence-electron chi connectivity index (χ1n) is 6.88. The molecule has 2 rings (SSSR count). The number of benzene rings is 1. The average molecular weight is 327 g/mol. The van der Waals surface area contributed by atoms with Gasteiger partial charge in [-0.25, -0.2) is 8.42 Å². The number of sulfone groups is 1. The summed E-state index contributed by atoms with van der Waals surface area (Å²) in [6.07, 6.45) is 0. The summed E-state index contributed by atoms with van der Waals surface area (Å²) in [5.74, 6) is 1.53. The van der Waals surface area contributed by atoms with Crippen molar-refractivity contribution in [2.45, 2.75) is 19.2 Å². The summed E-state index contributed by atoms with van der Waals surface area (Å²) in [7, 11) is -3.18. The summed E-state index contributed by atoms with van der Waals surface area (Å²) in [6.45, 7) is 4.26. The Bertz CT molecular complexity index is 644. The Morgan fingerprint density at radius 3 is 2.86 bits per heavy atom. The molecule has 1 saturated heterocycles. The number of nitrogens with one attached hydrogen (secondary N) is 1. The van der Waals surface area contributed by atoms with Crippen LogP contribution in [-0.4, -0.2) is 43.4 Å². The zero-order valence-electron chi connectivity index (χ0n) is 12.3. The molecular weight excluding hydrogens is 306 g/mol. The highest BCUT2D eigenvalue weighted by Crippen LogP contribution is 2.30. The molecule has 1 aliphatic heterocycles. The standard InChI is InChI=1S/C14H21N3O2S2/c1-3-21(18,19)13-9-20-7-6-17(13)12-5-4-10(2)8-11(12)14(15)16/h4-5,8,13H,3,6-7,9H2,1-2H3,(H3,15,16). The van der Waals surface area contributed by atoms with Crippen LogP contribution in [0.25, 0.3) is 0 Å². The first kappa shape index (κ1) is 16.2. The molecule has 1 unspecified atom stereocenters. The highest BCUT2D eigenvalue weighted by molar-refractivity contribution is 8.01. The van der Waals surface area contributed by atoms with Crippen molar-refractivity contribution in [3.63, 3.8) is 0 Å². The molecule has 0 spiro atoms. The second-order valence-corrected chi connectivity index (χ2v) is 8.71. The van der Waals surface area contributed by atoms with Crippen LogP contribution in [0.4, 0.5) is 5.69 Å². The summed E-state index contributed by atoms with van der Waals surface area (Å²) in [4.78, 5) is 1.89. The Morgan fingerprint density at radius 1 is 1.52 bits per heavy atom. The number of rotatable bonds is 4. The fourth-order valence-corrected chi connectivity index (χ4v) is 5.45. The second kappa shape index (κ2) is 6.27. The molecule has 1 aromatic rings. The van der Waals surface area contributed by atoms with Crippen molar-refractivity contribution in [2.75, 3.05) is 28.7 Å². The summed E-state index contributed by atoms with van der Waals surface area (Å²) in [5, 5.41) is 7.21. The van der Waals surface area contributed by atoms with Gasteiger partial charge in [0.1, 0.15) is 11.2 Å². The molecule has 0 radical (unpaired) electrons. The quantitative estimate of drug-likeness (QED) is 0.648. The van der Waals surface area contributed by atoms with E-state index < -0.39 is 15.2 Å². The number of thioether (sulfide) groups is 1. The van der Waals surface area contributed by atoms with E-state index in [2.05, 4.69) is 0 Å². The molecule has 0 saturated carbocycles. The van der Waals surface area contributed by atoms with Crippen molar-refractivity contribution < 1.29 is 8.42 Å². The van der Waals surface area contributed by atoms with Gasteiger partial charge in [-0.05, 0) is 19.1 Å². The second-order valence-electron chi connectivity index (χ2n) is 5.11. The van der Waals surface area contributed by atoms with E-state index in [9.17, 15) is 8.42 Å². The zero-order valence-corrected chi connectivity index (χ0v) is 13.9. The third kappa shape index (κ3) is 3.35. The maximum atomic E-state index is 12.3. The third-order valence-electron chi connectivity index (χ3n) is 3.65. The maximum absolute atomic E-state index is 12.3. The van der Waals surface area contributed by atoms with Gasteiger partial charge in [0, 0.05) is 35.1 Å². The van der Waals surface area contributed by atoms with Gasteiger partial charge in [-0.2, -0.15) is 11.8 Å². The molecule has 7 heteroatoms. The summed E-state index contributed by atoms with van der Waals surface area (Å²) in [6, 6.07) is 5.65. The number of aryl methyl sites for hydroxylation is 1. The molecule has 1 fully saturated rings. The molecule has 1 aromatic carbocycles. The van der Waals surface area contributed by atoms with Gasteiger partial charge in [0.2, 0.25) is 0 Å². The van der Waals surface area contributed by atoms with Crippen LogP contribution in [0.3, 0.4) is 0 Å². The molecule has 1 aliphatic rings.